The van der Waals surface area contributed by atoms with Crippen LogP contribution in [0.3, 0.4) is 0 Å². The quantitative estimate of drug-likeness (QED) is 0.658. The second-order valence-electron chi connectivity index (χ2n) is 5.09. The molecule has 0 unspecified atom stereocenters. The van der Waals surface area contributed by atoms with Crippen LogP contribution in [0, 0.1) is 10.1 Å². The number of piperazine rings is 1. The van der Waals surface area contributed by atoms with E-state index in [1.165, 1.54) is 12.1 Å². The van der Waals surface area contributed by atoms with Crippen molar-refractivity contribution in [2.24, 2.45) is 0 Å². The lowest BCUT2D eigenvalue weighted by atomic mass is 10.1. The molecule has 1 aromatic rings. The summed E-state index contributed by atoms with van der Waals surface area (Å²) in [7, 11) is 0. The Labute approximate surface area is 122 Å². The molecule has 2 rings (SSSR count). The molecule has 0 radical (unpaired) electrons. The molecule has 0 atom stereocenters. The predicted octanol–water partition coefficient (Wildman–Crippen LogP) is 1.83. The van der Waals surface area contributed by atoms with Gasteiger partial charge in [-0.15, -0.1) is 0 Å². The zero-order valence-electron chi connectivity index (χ0n) is 12.0. The van der Waals surface area contributed by atoms with E-state index >= 15 is 0 Å². The summed E-state index contributed by atoms with van der Waals surface area (Å²) in [6.07, 6.45) is 1.11. The number of carbonyl (C=O) groups is 1. The monoisotopic (exact) mass is 293 g/mol. The molecule has 1 aliphatic heterocycles. The van der Waals surface area contributed by atoms with Gasteiger partial charge in [0.1, 0.15) is 5.56 Å². The first kappa shape index (κ1) is 15.2. The molecule has 1 fully saturated rings. The summed E-state index contributed by atoms with van der Waals surface area (Å²) in [6, 6.07) is 4.32. The van der Waals surface area contributed by atoms with E-state index in [2.05, 4.69) is 16.7 Å². The number of carboxylic acid groups (broad SMARTS) is 1. The van der Waals surface area contributed by atoms with Crippen molar-refractivity contribution in [2.45, 2.75) is 13.3 Å². The Balaban J connectivity index is 2.16. The Kier molecular flexibility index (Phi) is 4.74. The predicted molar refractivity (Wildman–Crippen MR) is 79.0 cm³/mol. The molecule has 7 heteroatoms. The fourth-order valence-electron chi connectivity index (χ4n) is 2.59. The number of anilines is 1. The minimum Gasteiger partial charge on any atom is -0.477 e. The number of rotatable bonds is 5. The van der Waals surface area contributed by atoms with Crippen LogP contribution < -0.4 is 4.90 Å². The Morgan fingerprint density at radius 1 is 1.33 bits per heavy atom. The average molecular weight is 293 g/mol. The van der Waals surface area contributed by atoms with Gasteiger partial charge in [-0.2, -0.15) is 0 Å². The van der Waals surface area contributed by atoms with Crippen LogP contribution in [0.4, 0.5) is 11.4 Å². The van der Waals surface area contributed by atoms with Gasteiger partial charge in [-0.1, -0.05) is 6.92 Å². The molecular weight excluding hydrogens is 274 g/mol. The van der Waals surface area contributed by atoms with E-state index < -0.39 is 10.9 Å². The van der Waals surface area contributed by atoms with Crippen molar-refractivity contribution < 1.29 is 14.8 Å². The van der Waals surface area contributed by atoms with Crippen molar-refractivity contribution >= 4 is 17.3 Å². The van der Waals surface area contributed by atoms with Gasteiger partial charge in [-0.05, 0) is 25.1 Å². The molecule has 1 aliphatic rings. The summed E-state index contributed by atoms with van der Waals surface area (Å²) in [6.45, 7) is 6.63. The number of benzene rings is 1. The number of hydrogen-bond acceptors (Lipinski definition) is 5. The van der Waals surface area contributed by atoms with Crippen molar-refractivity contribution in [2.75, 3.05) is 37.6 Å². The Bertz CT molecular complexity index is 539. The minimum absolute atomic E-state index is 0.270. The summed E-state index contributed by atoms with van der Waals surface area (Å²) in [5.41, 5.74) is 0.0900. The van der Waals surface area contributed by atoms with E-state index in [4.69, 9.17) is 5.11 Å². The maximum atomic E-state index is 11.0. The van der Waals surface area contributed by atoms with E-state index in [-0.39, 0.29) is 11.3 Å². The van der Waals surface area contributed by atoms with Crippen LogP contribution >= 0.6 is 0 Å². The van der Waals surface area contributed by atoms with Crippen LogP contribution in [0.1, 0.15) is 23.7 Å². The van der Waals surface area contributed by atoms with E-state index in [0.717, 1.165) is 39.1 Å². The Morgan fingerprint density at radius 2 is 2.00 bits per heavy atom. The van der Waals surface area contributed by atoms with Gasteiger partial charge in [0.05, 0.1) is 4.92 Å². The number of nitro benzene ring substituents is 1. The molecular formula is C14H19N3O4. The van der Waals surface area contributed by atoms with Crippen LogP contribution in [-0.2, 0) is 0 Å². The highest BCUT2D eigenvalue weighted by Crippen LogP contribution is 2.26. The van der Waals surface area contributed by atoms with Gasteiger partial charge in [0.25, 0.3) is 5.69 Å². The maximum absolute atomic E-state index is 11.0. The van der Waals surface area contributed by atoms with Gasteiger partial charge in [0.2, 0.25) is 0 Å². The molecule has 1 N–H and O–H groups in total. The lowest BCUT2D eigenvalue weighted by Gasteiger charge is -2.35. The lowest BCUT2D eigenvalue weighted by molar-refractivity contribution is -0.385. The molecule has 0 aliphatic carbocycles. The van der Waals surface area contributed by atoms with E-state index in [1.807, 2.05) is 0 Å². The van der Waals surface area contributed by atoms with Gasteiger partial charge in [-0.25, -0.2) is 4.79 Å². The van der Waals surface area contributed by atoms with Crippen molar-refractivity contribution in [1.29, 1.82) is 0 Å². The Hall–Kier alpha value is -2.15. The van der Waals surface area contributed by atoms with Crippen LogP contribution in [0.15, 0.2) is 18.2 Å². The van der Waals surface area contributed by atoms with Crippen molar-refractivity contribution in [3.05, 3.63) is 33.9 Å². The van der Waals surface area contributed by atoms with E-state index in [0.29, 0.717) is 5.69 Å². The average Bonchev–Trinajstić information content (AvgIpc) is 2.47. The standard InChI is InChI=1S/C14H19N3O4/c1-2-5-15-6-8-16(9-7-15)11-3-4-12(14(18)19)13(10-11)17(20)21/h3-4,10H,2,5-9H2,1H3,(H,18,19). The molecule has 0 aromatic heterocycles. The third kappa shape index (κ3) is 3.49. The second-order valence-corrected chi connectivity index (χ2v) is 5.09. The van der Waals surface area contributed by atoms with Gasteiger partial charge in [0.15, 0.2) is 0 Å². The van der Waals surface area contributed by atoms with Gasteiger partial charge >= 0.3 is 5.97 Å². The van der Waals surface area contributed by atoms with Crippen molar-refractivity contribution in [1.82, 2.24) is 4.90 Å². The maximum Gasteiger partial charge on any atom is 0.342 e. The largest absolute Gasteiger partial charge is 0.477 e. The molecule has 1 heterocycles. The van der Waals surface area contributed by atoms with Gasteiger partial charge in [0, 0.05) is 37.9 Å². The summed E-state index contributed by atoms with van der Waals surface area (Å²) >= 11 is 0. The number of aromatic carboxylic acids is 1. The van der Waals surface area contributed by atoms with Gasteiger partial charge < -0.3 is 10.0 Å². The van der Waals surface area contributed by atoms with Crippen LogP contribution in [0.25, 0.3) is 0 Å². The molecule has 0 bridgehead atoms. The topological polar surface area (TPSA) is 86.9 Å². The molecule has 0 spiro atoms. The molecule has 0 saturated carbocycles. The van der Waals surface area contributed by atoms with Crippen LogP contribution in [-0.4, -0.2) is 53.6 Å². The van der Waals surface area contributed by atoms with Gasteiger partial charge in [-0.3, -0.25) is 15.0 Å². The Morgan fingerprint density at radius 3 is 2.52 bits per heavy atom. The first-order valence-electron chi connectivity index (χ1n) is 7.02. The summed E-state index contributed by atoms with van der Waals surface area (Å²) in [5.74, 6) is -1.28. The molecule has 1 aromatic carbocycles. The number of hydrogen-bond donors (Lipinski definition) is 1. The van der Waals surface area contributed by atoms with Crippen molar-refractivity contribution in [3.8, 4) is 0 Å². The SMILES string of the molecule is CCCN1CCN(c2ccc(C(=O)O)c([N+](=O)[O-])c2)CC1. The number of carboxylic acids is 1. The zero-order valence-corrected chi connectivity index (χ0v) is 12.0. The smallest absolute Gasteiger partial charge is 0.342 e. The van der Waals surface area contributed by atoms with Crippen LogP contribution in [0.5, 0.6) is 0 Å². The molecule has 114 valence electrons. The fourth-order valence-corrected chi connectivity index (χ4v) is 2.59. The first-order chi connectivity index (χ1) is 10.0. The lowest BCUT2D eigenvalue weighted by Crippen LogP contribution is -2.46. The first-order valence-corrected chi connectivity index (χ1v) is 7.02. The van der Waals surface area contributed by atoms with Crippen molar-refractivity contribution in [3.63, 3.8) is 0 Å². The second kappa shape index (κ2) is 6.53. The number of nitrogens with zero attached hydrogens (tertiary/aromatic N) is 3. The highest BCUT2D eigenvalue weighted by atomic mass is 16.6. The summed E-state index contributed by atoms with van der Waals surface area (Å²) in [4.78, 5) is 25.8. The summed E-state index contributed by atoms with van der Waals surface area (Å²) < 4.78 is 0. The zero-order chi connectivity index (χ0) is 15.4. The van der Waals surface area contributed by atoms with E-state index in [9.17, 15) is 14.9 Å². The third-order valence-electron chi connectivity index (χ3n) is 3.69. The summed E-state index contributed by atoms with van der Waals surface area (Å²) in [5, 5.41) is 20.0. The molecule has 1 saturated heterocycles. The number of nitro groups is 1. The third-order valence-corrected chi connectivity index (χ3v) is 3.69. The fraction of sp³-hybridized carbons (Fsp3) is 0.500. The minimum atomic E-state index is -1.28. The molecule has 0 amide bonds. The highest BCUT2D eigenvalue weighted by Gasteiger charge is 2.23. The molecule has 7 nitrogen and oxygen atoms in total. The highest BCUT2D eigenvalue weighted by molar-refractivity contribution is 5.93. The molecule has 21 heavy (non-hydrogen) atoms. The normalized spacial score (nSPS) is 16.0. The van der Waals surface area contributed by atoms with E-state index in [1.54, 1.807) is 6.07 Å². The van der Waals surface area contributed by atoms with Crippen LogP contribution in [0.2, 0.25) is 0 Å².